The highest BCUT2D eigenvalue weighted by atomic mass is 32.1. The third-order valence-electron chi connectivity index (χ3n) is 3.20. The molecule has 0 aliphatic carbocycles. The quantitative estimate of drug-likeness (QED) is 0.906. The molecule has 21 heavy (non-hydrogen) atoms. The molecule has 2 aromatic rings. The van der Waals surface area contributed by atoms with Gasteiger partial charge in [0.05, 0.1) is 42.1 Å². The molecule has 3 heterocycles. The average molecular weight is 325 g/mol. The molecule has 1 amide bonds. The summed E-state index contributed by atoms with van der Waals surface area (Å²) >= 11 is 2.94. The summed E-state index contributed by atoms with van der Waals surface area (Å²) in [7, 11) is 0. The molecule has 8 heteroatoms. The maximum absolute atomic E-state index is 12.1. The van der Waals surface area contributed by atoms with E-state index in [4.69, 9.17) is 9.47 Å². The molecule has 2 aromatic heterocycles. The second-order valence-electron chi connectivity index (χ2n) is 4.65. The SMILES string of the molecule is O=C(N[C@@H]1COCC[C@@H]1OCc1cscn1)c1cscn1. The van der Waals surface area contributed by atoms with E-state index in [-0.39, 0.29) is 18.1 Å². The lowest BCUT2D eigenvalue weighted by molar-refractivity contribution is -0.0612. The van der Waals surface area contributed by atoms with Gasteiger partial charge in [-0.05, 0) is 6.42 Å². The lowest BCUT2D eigenvalue weighted by Crippen LogP contribution is -2.50. The van der Waals surface area contributed by atoms with Crippen LogP contribution in [0.3, 0.4) is 0 Å². The number of nitrogens with zero attached hydrogens (tertiary/aromatic N) is 2. The van der Waals surface area contributed by atoms with Crippen LogP contribution in [-0.2, 0) is 16.1 Å². The first kappa shape index (κ1) is 14.6. The van der Waals surface area contributed by atoms with Crippen molar-refractivity contribution < 1.29 is 14.3 Å². The number of hydrogen-bond donors (Lipinski definition) is 1. The Hall–Kier alpha value is -1.35. The van der Waals surface area contributed by atoms with Crippen molar-refractivity contribution in [2.75, 3.05) is 13.2 Å². The van der Waals surface area contributed by atoms with E-state index in [1.165, 1.54) is 11.3 Å². The molecule has 2 atom stereocenters. The van der Waals surface area contributed by atoms with Crippen LogP contribution in [0.2, 0.25) is 0 Å². The van der Waals surface area contributed by atoms with Crippen LogP contribution in [0.4, 0.5) is 0 Å². The molecule has 0 spiro atoms. The zero-order valence-corrected chi connectivity index (χ0v) is 12.9. The Morgan fingerprint density at radius 1 is 1.38 bits per heavy atom. The molecule has 0 radical (unpaired) electrons. The van der Waals surface area contributed by atoms with Gasteiger partial charge < -0.3 is 14.8 Å². The summed E-state index contributed by atoms with van der Waals surface area (Å²) in [6, 6.07) is -0.161. The predicted octanol–water partition coefficient (Wildman–Crippen LogP) is 1.70. The van der Waals surface area contributed by atoms with Gasteiger partial charge in [-0.25, -0.2) is 9.97 Å². The summed E-state index contributed by atoms with van der Waals surface area (Å²) in [4.78, 5) is 20.3. The summed E-state index contributed by atoms with van der Waals surface area (Å²) in [6.45, 7) is 1.56. The Bertz CT molecular complexity index is 559. The minimum absolute atomic E-state index is 0.0666. The first-order chi connectivity index (χ1) is 10.3. The molecular formula is C13H15N3O3S2. The molecule has 0 bridgehead atoms. The van der Waals surface area contributed by atoms with E-state index >= 15 is 0 Å². The summed E-state index contributed by atoms with van der Waals surface area (Å²) in [5.74, 6) is -0.186. The summed E-state index contributed by atoms with van der Waals surface area (Å²) in [6.07, 6.45) is 0.689. The van der Waals surface area contributed by atoms with Gasteiger partial charge in [-0.2, -0.15) is 0 Å². The van der Waals surface area contributed by atoms with E-state index in [1.54, 1.807) is 27.7 Å². The van der Waals surface area contributed by atoms with Crippen LogP contribution in [0, 0.1) is 0 Å². The van der Waals surface area contributed by atoms with Crippen LogP contribution in [0.25, 0.3) is 0 Å². The van der Waals surface area contributed by atoms with Crippen LogP contribution in [0.15, 0.2) is 21.8 Å². The first-order valence-corrected chi connectivity index (χ1v) is 8.47. The molecule has 6 nitrogen and oxygen atoms in total. The fourth-order valence-corrected chi connectivity index (χ4v) is 3.20. The van der Waals surface area contributed by atoms with Gasteiger partial charge in [0.15, 0.2) is 0 Å². The van der Waals surface area contributed by atoms with Crippen LogP contribution >= 0.6 is 22.7 Å². The second-order valence-corrected chi connectivity index (χ2v) is 6.08. The smallest absolute Gasteiger partial charge is 0.271 e. The van der Waals surface area contributed by atoms with Crippen molar-refractivity contribution in [2.24, 2.45) is 0 Å². The fourth-order valence-electron chi connectivity index (χ4n) is 2.12. The number of carbonyl (C=O) groups excluding carboxylic acids is 1. The van der Waals surface area contributed by atoms with Crippen LogP contribution in [-0.4, -0.2) is 41.2 Å². The van der Waals surface area contributed by atoms with Crippen LogP contribution in [0.5, 0.6) is 0 Å². The Labute approximate surface area is 130 Å². The molecule has 0 saturated carbocycles. The van der Waals surface area contributed by atoms with E-state index in [2.05, 4.69) is 15.3 Å². The molecule has 1 fully saturated rings. The van der Waals surface area contributed by atoms with Crippen molar-refractivity contribution in [1.82, 2.24) is 15.3 Å². The number of rotatable bonds is 5. The molecule has 0 aromatic carbocycles. The van der Waals surface area contributed by atoms with Gasteiger partial charge in [0.25, 0.3) is 5.91 Å². The lowest BCUT2D eigenvalue weighted by atomic mass is 10.1. The number of hydrogen-bond acceptors (Lipinski definition) is 7. The van der Waals surface area contributed by atoms with Gasteiger partial charge in [-0.3, -0.25) is 4.79 Å². The molecule has 3 rings (SSSR count). The highest BCUT2D eigenvalue weighted by molar-refractivity contribution is 7.07. The maximum Gasteiger partial charge on any atom is 0.271 e. The van der Waals surface area contributed by atoms with Gasteiger partial charge in [0, 0.05) is 17.4 Å². The van der Waals surface area contributed by atoms with Crippen molar-refractivity contribution in [1.29, 1.82) is 0 Å². The van der Waals surface area contributed by atoms with E-state index in [0.717, 1.165) is 12.1 Å². The van der Waals surface area contributed by atoms with Gasteiger partial charge >= 0.3 is 0 Å². The average Bonchev–Trinajstić information content (AvgIpc) is 3.20. The van der Waals surface area contributed by atoms with Gasteiger partial charge in [-0.15, -0.1) is 22.7 Å². The number of carbonyl (C=O) groups is 1. The van der Waals surface area contributed by atoms with E-state index in [9.17, 15) is 4.79 Å². The molecule has 0 unspecified atom stereocenters. The number of amides is 1. The molecular weight excluding hydrogens is 310 g/mol. The van der Waals surface area contributed by atoms with Crippen LogP contribution < -0.4 is 5.32 Å². The number of aromatic nitrogens is 2. The molecule has 1 aliphatic heterocycles. The van der Waals surface area contributed by atoms with Crippen molar-refractivity contribution in [2.45, 2.75) is 25.2 Å². The Balaban J connectivity index is 1.57. The summed E-state index contributed by atoms with van der Waals surface area (Å²) in [5, 5.41) is 6.63. The standard InChI is InChI=1S/C13H15N3O3S2/c17-13(11-6-21-8-15-11)16-10-4-18-2-1-12(10)19-3-9-5-20-7-14-9/h5-8,10,12H,1-4H2,(H,16,17)/t10-,12+/m1/s1. The Morgan fingerprint density at radius 3 is 3.00 bits per heavy atom. The van der Waals surface area contributed by atoms with E-state index in [0.29, 0.717) is 25.5 Å². The highest BCUT2D eigenvalue weighted by Crippen LogP contribution is 2.15. The number of nitrogens with one attached hydrogen (secondary N) is 1. The molecule has 112 valence electrons. The van der Waals surface area contributed by atoms with Gasteiger partial charge in [0.2, 0.25) is 0 Å². The van der Waals surface area contributed by atoms with E-state index in [1.807, 2.05) is 5.38 Å². The Morgan fingerprint density at radius 2 is 2.24 bits per heavy atom. The minimum Gasteiger partial charge on any atom is -0.379 e. The molecule has 1 N–H and O–H groups in total. The first-order valence-electron chi connectivity index (χ1n) is 6.58. The fraction of sp³-hybridized carbons (Fsp3) is 0.462. The zero-order valence-electron chi connectivity index (χ0n) is 11.2. The van der Waals surface area contributed by atoms with Gasteiger partial charge in [-0.1, -0.05) is 0 Å². The number of ether oxygens (including phenoxy) is 2. The summed E-state index contributed by atoms with van der Waals surface area (Å²) in [5.41, 5.74) is 4.77. The van der Waals surface area contributed by atoms with E-state index < -0.39 is 0 Å². The van der Waals surface area contributed by atoms with Crippen molar-refractivity contribution in [3.05, 3.63) is 33.2 Å². The lowest BCUT2D eigenvalue weighted by Gasteiger charge is -2.31. The normalized spacial score (nSPS) is 22.1. The molecule has 1 saturated heterocycles. The maximum atomic E-state index is 12.1. The third-order valence-corrected chi connectivity index (χ3v) is 4.42. The largest absolute Gasteiger partial charge is 0.379 e. The van der Waals surface area contributed by atoms with Gasteiger partial charge in [0.1, 0.15) is 5.69 Å². The predicted molar refractivity (Wildman–Crippen MR) is 79.5 cm³/mol. The number of thiazole rings is 2. The second kappa shape index (κ2) is 7.08. The Kier molecular flexibility index (Phi) is 4.91. The topological polar surface area (TPSA) is 73.3 Å². The monoisotopic (exact) mass is 325 g/mol. The van der Waals surface area contributed by atoms with Crippen molar-refractivity contribution in [3.63, 3.8) is 0 Å². The zero-order chi connectivity index (χ0) is 14.5. The highest BCUT2D eigenvalue weighted by Gasteiger charge is 2.28. The minimum atomic E-state index is -0.186. The van der Waals surface area contributed by atoms with Crippen molar-refractivity contribution in [3.8, 4) is 0 Å². The summed E-state index contributed by atoms with van der Waals surface area (Å²) < 4.78 is 11.3. The molecule has 1 aliphatic rings. The van der Waals surface area contributed by atoms with Crippen molar-refractivity contribution >= 4 is 28.6 Å². The van der Waals surface area contributed by atoms with Crippen LogP contribution in [0.1, 0.15) is 22.6 Å². The third kappa shape index (κ3) is 3.85.